The monoisotopic (exact) mass is 971 g/mol. The van der Waals surface area contributed by atoms with E-state index in [1.807, 2.05) is 0 Å². The molecule has 0 amide bonds. The molecule has 2 aliphatic rings. The highest BCUT2D eigenvalue weighted by atomic mass is 16.7. The number of carbonyl (C=O) groups excluding carboxylic acids is 2. The molecule has 0 saturated carbocycles. The number of aliphatic hydroxyl groups excluding tert-OH is 7. The van der Waals surface area contributed by atoms with Gasteiger partial charge in [-0.25, -0.2) is 0 Å². The van der Waals surface area contributed by atoms with Gasteiger partial charge in [0.05, 0.1) is 19.8 Å². The Morgan fingerprint density at radius 2 is 0.897 bits per heavy atom. The molecule has 0 aromatic heterocycles. The molecule has 396 valence electrons. The first-order valence-electron chi connectivity index (χ1n) is 26.6. The molecule has 2 fully saturated rings. The number of esters is 2. The lowest BCUT2D eigenvalue weighted by Gasteiger charge is -2.42. The molecule has 2 rings (SSSR count). The quantitative estimate of drug-likeness (QED) is 0.0177. The highest BCUT2D eigenvalue weighted by Crippen LogP contribution is 2.26. The van der Waals surface area contributed by atoms with Crippen molar-refractivity contribution in [1.82, 2.24) is 0 Å². The Morgan fingerprint density at radius 3 is 1.43 bits per heavy atom. The van der Waals surface area contributed by atoms with Gasteiger partial charge < -0.3 is 64.2 Å². The van der Waals surface area contributed by atoms with Crippen LogP contribution in [0, 0.1) is 0 Å². The van der Waals surface area contributed by atoms with E-state index in [-0.39, 0.29) is 26.1 Å². The van der Waals surface area contributed by atoms with Crippen molar-refractivity contribution in [1.29, 1.82) is 0 Å². The first-order valence-corrected chi connectivity index (χ1v) is 26.6. The highest BCUT2D eigenvalue weighted by molar-refractivity contribution is 5.70. The molecule has 2 saturated heterocycles. The van der Waals surface area contributed by atoms with E-state index >= 15 is 0 Å². The summed E-state index contributed by atoms with van der Waals surface area (Å²) in [6.45, 7) is 2.53. The lowest BCUT2D eigenvalue weighted by Crippen LogP contribution is -2.61. The second kappa shape index (κ2) is 40.3. The number of hydrogen-bond acceptors (Lipinski definition) is 15. The number of hydrogen-bond donors (Lipinski definition) is 7. The van der Waals surface area contributed by atoms with Crippen LogP contribution in [0.5, 0.6) is 0 Å². The van der Waals surface area contributed by atoms with Gasteiger partial charge in [-0.1, -0.05) is 153 Å². The summed E-state index contributed by atoms with van der Waals surface area (Å²) in [5.41, 5.74) is 0. The van der Waals surface area contributed by atoms with Gasteiger partial charge in [0, 0.05) is 12.8 Å². The molecule has 0 aliphatic carbocycles. The Morgan fingerprint density at radius 1 is 0.471 bits per heavy atom. The van der Waals surface area contributed by atoms with Crippen molar-refractivity contribution in [2.45, 2.75) is 261 Å². The maximum absolute atomic E-state index is 13.0. The zero-order valence-electron chi connectivity index (χ0n) is 41.8. The van der Waals surface area contributed by atoms with E-state index in [4.69, 9.17) is 28.4 Å². The summed E-state index contributed by atoms with van der Waals surface area (Å²) < 4.78 is 33.6. The third-order valence-electron chi connectivity index (χ3n) is 12.6. The minimum atomic E-state index is -1.77. The average molecular weight is 971 g/mol. The molecule has 15 nitrogen and oxygen atoms in total. The first-order chi connectivity index (χ1) is 33.0. The summed E-state index contributed by atoms with van der Waals surface area (Å²) in [6, 6.07) is 0. The minimum Gasteiger partial charge on any atom is -0.462 e. The van der Waals surface area contributed by atoms with Crippen molar-refractivity contribution in [2.75, 3.05) is 26.4 Å². The van der Waals surface area contributed by atoms with Gasteiger partial charge in [-0.05, 0) is 64.2 Å². The Labute approximate surface area is 408 Å². The topological polar surface area (TPSA) is 231 Å². The van der Waals surface area contributed by atoms with Crippen LogP contribution in [-0.2, 0) is 38.0 Å². The maximum atomic E-state index is 13.0. The Balaban J connectivity index is 1.80. The third kappa shape index (κ3) is 27.9. The number of ether oxygens (including phenoxy) is 6. The van der Waals surface area contributed by atoms with E-state index in [1.54, 1.807) is 0 Å². The summed E-state index contributed by atoms with van der Waals surface area (Å²) >= 11 is 0. The van der Waals surface area contributed by atoms with E-state index in [0.717, 1.165) is 64.2 Å². The summed E-state index contributed by atoms with van der Waals surface area (Å²) in [6.07, 6.45) is 25.9. The van der Waals surface area contributed by atoms with Crippen molar-refractivity contribution in [3.05, 3.63) is 36.5 Å². The fourth-order valence-corrected chi connectivity index (χ4v) is 8.17. The van der Waals surface area contributed by atoms with E-state index < -0.39 is 92.7 Å². The lowest BCUT2D eigenvalue weighted by atomic mass is 9.98. The zero-order chi connectivity index (χ0) is 49.6. The molecule has 0 radical (unpaired) electrons. The highest BCUT2D eigenvalue weighted by Gasteiger charge is 2.47. The smallest absolute Gasteiger partial charge is 0.306 e. The molecule has 0 aromatic rings. The van der Waals surface area contributed by atoms with Crippen molar-refractivity contribution < 1.29 is 73.8 Å². The lowest BCUT2D eigenvalue weighted by molar-refractivity contribution is -0.332. The van der Waals surface area contributed by atoms with Crippen LogP contribution in [0.15, 0.2) is 36.5 Å². The van der Waals surface area contributed by atoms with Gasteiger partial charge in [0.15, 0.2) is 18.7 Å². The van der Waals surface area contributed by atoms with E-state index in [0.29, 0.717) is 12.8 Å². The van der Waals surface area contributed by atoms with Crippen LogP contribution in [0.2, 0.25) is 0 Å². The number of aliphatic hydroxyl groups is 7. The van der Waals surface area contributed by atoms with Crippen LogP contribution < -0.4 is 0 Å². The minimum absolute atomic E-state index is 0.161. The van der Waals surface area contributed by atoms with Crippen LogP contribution in [0.4, 0.5) is 0 Å². The van der Waals surface area contributed by atoms with Crippen LogP contribution in [0.25, 0.3) is 0 Å². The molecule has 15 heteroatoms. The van der Waals surface area contributed by atoms with E-state index in [9.17, 15) is 45.3 Å². The third-order valence-corrected chi connectivity index (χ3v) is 12.6. The molecule has 0 bridgehead atoms. The molecule has 0 spiro atoms. The summed E-state index contributed by atoms with van der Waals surface area (Å²) in [5, 5.41) is 72.1. The zero-order valence-corrected chi connectivity index (χ0v) is 41.8. The van der Waals surface area contributed by atoms with Crippen molar-refractivity contribution >= 4 is 11.9 Å². The SMILES string of the molecule is CCCC/C=C/CCCCCCCCCCCC(=O)O[C@@H](COC(=O)CCCCCCCCC/C=C/C/C=C/CCCCC)CO[C@@H]1O[C@H](CO[C@@H]2O[C@H](CO)[C@H](O)C(O)C2O)[C@H](O)C(O)C1O. The molecular formula is C53H94O15. The number of carbonyl (C=O) groups is 2. The Hall–Kier alpha value is -2.28. The van der Waals surface area contributed by atoms with E-state index in [1.165, 1.54) is 89.9 Å². The molecule has 4 unspecified atom stereocenters. The van der Waals surface area contributed by atoms with Gasteiger partial charge in [-0.3, -0.25) is 9.59 Å². The van der Waals surface area contributed by atoms with Crippen LogP contribution >= 0.6 is 0 Å². The number of unbranched alkanes of at least 4 members (excludes halogenated alkanes) is 21. The average Bonchev–Trinajstić information content (AvgIpc) is 3.33. The predicted octanol–water partition coefficient (Wildman–Crippen LogP) is 7.71. The van der Waals surface area contributed by atoms with Crippen LogP contribution in [0.3, 0.4) is 0 Å². The summed E-state index contributed by atoms with van der Waals surface area (Å²) in [7, 11) is 0. The van der Waals surface area contributed by atoms with Crippen molar-refractivity contribution in [3.8, 4) is 0 Å². The maximum Gasteiger partial charge on any atom is 0.306 e. The molecule has 2 aliphatic heterocycles. The number of rotatable bonds is 41. The Bertz CT molecular complexity index is 1330. The molecular weight excluding hydrogens is 877 g/mol. The fourth-order valence-electron chi connectivity index (χ4n) is 8.17. The standard InChI is InChI=1S/C53H94O15/c1-3-5-7-9-11-13-15-17-19-20-22-23-25-27-29-31-33-35-44(55)63-38-41(66-45(56)36-34-32-30-28-26-24-21-18-16-14-12-10-8-6-4-2)39-64-52-51(62)49(60)47(58)43(68-52)40-65-53-50(61)48(59)46(57)42(37-54)67-53/h10-13,17,19,41-43,46-54,57-62H,3-9,14-16,18,20-40H2,1-2H3/b12-10+,13-11+,19-17+/t41-,42+,43+,46-,47-,48?,49?,50?,51?,52+,53+/m0/s1. The van der Waals surface area contributed by atoms with Gasteiger partial charge in [-0.2, -0.15) is 0 Å². The largest absolute Gasteiger partial charge is 0.462 e. The fraction of sp³-hybridized carbons (Fsp3) is 0.849. The molecule has 0 aromatic carbocycles. The number of allylic oxidation sites excluding steroid dienone is 6. The van der Waals surface area contributed by atoms with Gasteiger partial charge in [0.1, 0.15) is 55.4 Å². The second-order valence-electron chi connectivity index (χ2n) is 18.7. The summed E-state index contributed by atoms with van der Waals surface area (Å²) in [4.78, 5) is 25.8. The normalized spacial score (nSPS) is 26.0. The Kier molecular flexibility index (Phi) is 36.7. The second-order valence-corrected chi connectivity index (χ2v) is 18.7. The molecule has 11 atom stereocenters. The van der Waals surface area contributed by atoms with Gasteiger partial charge >= 0.3 is 11.9 Å². The summed E-state index contributed by atoms with van der Waals surface area (Å²) in [5.74, 6) is -0.933. The predicted molar refractivity (Wildman–Crippen MR) is 261 cm³/mol. The molecule has 68 heavy (non-hydrogen) atoms. The molecule has 7 N–H and O–H groups in total. The first kappa shape index (κ1) is 61.8. The van der Waals surface area contributed by atoms with Gasteiger partial charge in [0.2, 0.25) is 0 Å². The van der Waals surface area contributed by atoms with Crippen LogP contribution in [0.1, 0.15) is 194 Å². The van der Waals surface area contributed by atoms with Crippen LogP contribution in [-0.4, -0.2) is 142 Å². The van der Waals surface area contributed by atoms with E-state index in [2.05, 4.69) is 50.3 Å². The van der Waals surface area contributed by atoms with Gasteiger partial charge in [0.25, 0.3) is 0 Å². The van der Waals surface area contributed by atoms with Crippen molar-refractivity contribution in [3.63, 3.8) is 0 Å². The van der Waals surface area contributed by atoms with Gasteiger partial charge in [-0.15, -0.1) is 0 Å². The molecule has 2 heterocycles. The van der Waals surface area contributed by atoms with Crippen molar-refractivity contribution in [2.24, 2.45) is 0 Å².